The van der Waals surface area contributed by atoms with Crippen LogP contribution in [0.1, 0.15) is 48.6 Å². The van der Waals surface area contributed by atoms with Gasteiger partial charge in [-0.05, 0) is 92.9 Å². The lowest BCUT2D eigenvalue weighted by molar-refractivity contribution is -0.0586. The Balaban J connectivity index is 1.44. The molecule has 0 bridgehead atoms. The van der Waals surface area contributed by atoms with Gasteiger partial charge >= 0.3 is 0 Å². The van der Waals surface area contributed by atoms with Crippen molar-refractivity contribution in [3.05, 3.63) is 93.8 Å². The van der Waals surface area contributed by atoms with E-state index in [1.54, 1.807) is 13.0 Å². The zero-order valence-corrected chi connectivity index (χ0v) is 21.9. The number of nitrogens with zero attached hydrogens (tertiary/aromatic N) is 2. The number of morpholine rings is 1. The average molecular weight is 515 g/mol. The molecule has 4 aromatic rings. The summed E-state index contributed by atoms with van der Waals surface area (Å²) in [5, 5.41) is 3.93. The van der Waals surface area contributed by atoms with E-state index in [1.807, 2.05) is 68.1 Å². The number of H-pyrrole nitrogens is 1. The number of rotatable bonds is 5. The summed E-state index contributed by atoms with van der Waals surface area (Å²) in [5.74, 6) is 0.160. The summed E-state index contributed by atoms with van der Waals surface area (Å²) in [5.41, 5.74) is 4.08. The Hall–Kier alpha value is -4.04. The minimum atomic E-state index is -0.339. The Morgan fingerprint density at radius 2 is 1.82 bits per heavy atom. The zero-order valence-electron chi connectivity index (χ0n) is 21.9. The van der Waals surface area contributed by atoms with Crippen molar-refractivity contribution in [1.29, 1.82) is 0 Å². The van der Waals surface area contributed by atoms with E-state index in [4.69, 9.17) is 4.74 Å². The number of amides is 1. The molecule has 8 heteroatoms. The third-order valence-electron chi connectivity index (χ3n) is 6.82. The number of anilines is 1. The quantitative estimate of drug-likeness (QED) is 0.369. The topological polar surface area (TPSA) is 87.3 Å². The molecule has 3 aromatic carbocycles. The molecular weight excluding hydrogens is 483 g/mol. The number of benzene rings is 3. The molecule has 1 amide bonds. The highest BCUT2D eigenvalue weighted by Gasteiger charge is 2.26. The van der Waals surface area contributed by atoms with Crippen LogP contribution in [-0.4, -0.2) is 46.1 Å². The fourth-order valence-corrected chi connectivity index (χ4v) is 5.15. The van der Waals surface area contributed by atoms with Crippen LogP contribution in [0.5, 0.6) is 0 Å². The smallest absolute Gasteiger partial charge is 0.258 e. The van der Waals surface area contributed by atoms with Gasteiger partial charge in [0, 0.05) is 30.4 Å². The Labute approximate surface area is 220 Å². The first kappa shape index (κ1) is 25.6. The number of ether oxygens (including phenoxy) is 1. The molecule has 1 aliphatic heterocycles. The fraction of sp³-hybridized carbons (Fsp3) is 0.300. The second kappa shape index (κ2) is 10.4. The third-order valence-corrected chi connectivity index (χ3v) is 6.82. The van der Waals surface area contributed by atoms with Gasteiger partial charge in [0.2, 0.25) is 0 Å². The number of aromatic nitrogens is 2. The van der Waals surface area contributed by atoms with Crippen LogP contribution in [0.2, 0.25) is 0 Å². The summed E-state index contributed by atoms with van der Waals surface area (Å²) >= 11 is 0. The largest absolute Gasteiger partial charge is 0.378 e. The molecule has 196 valence electrons. The summed E-state index contributed by atoms with van der Waals surface area (Å²) in [7, 11) is 0. The molecule has 1 aliphatic rings. The standard InChI is InChI=1S/C30H31FN4O3/c1-17-15-35(16-18(2)38-17)30(37)21-8-10-24(11-9-21)32-19(3)25-13-27-28(33-20(4)34-29(27)36)14-26(25)22-6-5-7-23(31)12-22/h5-14,17-19,32H,15-16H2,1-4H3,(H,33,34,36)/t17-,18+,19-/m0/s1. The van der Waals surface area contributed by atoms with Crippen LogP contribution in [0.3, 0.4) is 0 Å². The van der Waals surface area contributed by atoms with Crippen molar-refractivity contribution in [1.82, 2.24) is 14.9 Å². The maximum atomic E-state index is 14.1. The molecule has 38 heavy (non-hydrogen) atoms. The SMILES string of the molecule is Cc1nc2cc(-c3cccc(F)c3)c([C@H](C)Nc3ccc(C(=O)N4C[C@@H](C)O[C@@H](C)C4)cc3)cc2c(=O)[nH]1. The molecule has 1 saturated heterocycles. The number of halogens is 1. The van der Waals surface area contributed by atoms with Crippen molar-refractivity contribution in [3.63, 3.8) is 0 Å². The summed E-state index contributed by atoms with van der Waals surface area (Å²) in [4.78, 5) is 34.8. The van der Waals surface area contributed by atoms with Crippen molar-refractivity contribution >= 4 is 22.5 Å². The van der Waals surface area contributed by atoms with E-state index in [1.165, 1.54) is 12.1 Å². The first-order valence-electron chi connectivity index (χ1n) is 12.8. The van der Waals surface area contributed by atoms with E-state index >= 15 is 0 Å². The minimum absolute atomic E-state index is 0.00470. The highest BCUT2D eigenvalue weighted by atomic mass is 19.1. The van der Waals surface area contributed by atoms with Crippen LogP contribution in [-0.2, 0) is 4.74 Å². The average Bonchev–Trinajstić information content (AvgIpc) is 2.87. The maximum Gasteiger partial charge on any atom is 0.258 e. The van der Waals surface area contributed by atoms with E-state index in [0.29, 0.717) is 40.9 Å². The van der Waals surface area contributed by atoms with Gasteiger partial charge in [0.05, 0.1) is 23.1 Å². The van der Waals surface area contributed by atoms with Crippen molar-refractivity contribution in [2.75, 3.05) is 18.4 Å². The van der Waals surface area contributed by atoms with Crippen LogP contribution in [0.4, 0.5) is 10.1 Å². The molecule has 5 rings (SSSR count). The predicted molar refractivity (Wildman–Crippen MR) is 147 cm³/mol. The summed E-state index contributed by atoms with van der Waals surface area (Å²) in [6.07, 6.45) is 0.00941. The van der Waals surface area contributed by atoms with Crippen LogP contribution >= 0.6 is 0 Å². The lowest BCUT2D eigenvalue weighted by atomic mass is 9.93. The number of fused-ring (bicyclic) bond motifs is 1. The van der Waals surface area contributed by atoms with E-state index < -0.39 is 0 Å². The minimum Gasteiger partial charge on any atom is -0.378 e. The fourth-order valence-electron chi connectivity index (χ4n) is 5.15. The molecule has 7 nitrogen and oxygen atoms in total. The Bertz CT molecular complexity index is 1540. The lowest BCUT2D eigenvalue weighted by Crippen LogP contribution is -2.48. The summed E-state index contributed by atoms with van der Waals surface area (Å²) in [6.45, 7) is 8.79. The van der Waals surface area contributed by atoms with E-state index in [2.05, 4.69) is 15.3 Å². The van der Waals surface area contributed by atoms with Gasteiger partial charge in [-0.3, -0.25) is 9.59 Å². The molecule has 0 spiro atoms. The summed E-state index contributed by atoms with van der Waals surface area (Å²) < 4.78 is 19.9. The third kappa shape index (κ3) is 5.31. The second-order valence-corrected chi connectivity index (χ2v) is 10.0. The lowest BCUT2D eigenvalue weighted by Gasteiger charge is -2.35. The van der Waals surface area contributed by atoms with Gasteiger partial charge in [0.15, 0.2) is 0 Å². The first-order chi connectivity index (χ1) is 18.2. The molecule has 0 unspecified atom stereocenters. The number of carbonyl (C=O) groups excluding carboxylic acids is 1. The molecule has 3 atom stereocenters. The number of hydrogen-bond acceptors (Lipinski definition) is 5. The van der Waals surface area contributed by atoms with Gasteiger partial charge in [-0.2, -0.15) is 0 Å². The molecule has 1 aromatic heterocycles. The monoisotopic (exact) mass is 514 g/mol. The van der Waals surface area contributed by atoms with Crippen molar-refractivity contribution < 1.29 is 13.9 Å². The first-order valence-corrected chi connectivity index (χ1v) is 12.8. The molecular formula is C30H31FN4O3. The number of nitrogens with one attached hydrogen (secondary N) is 2. The number of aryl methyl sites for hydroxylation is 1. The van der Waals surface area contributed by atoms with Gasteiger partial charge in [-0.25, -0.2) is 9.37 Å². The van der Waals surface area contributed by atoms with Crippen LogP contribution < -0.4 is 10.9 Å². The highest BCUT2D eigenvalue weighted by molar-refractivity contribution is 5.94. The maximum absolute atomic E-state index is 14.1. The van der Waals surface area contributed by atoms with Crippen molar-refractivity contribution in [3.8, 4) is 11.1 Å². The highest BCUT2D eigenvalue weighted by Crippen LogP contribution is 2.33. The Morgan fingerprint density at radius 1 is 1.11 bits per heavy atom. The zero-order chi connectivity index (χ0) is 27.0. The van der Waals surface area contributed by atoms with Crippen molar-refractivity contribution in [2.45, 2.75) is 45.9 Å². The van der Waals surface area contributed by atoms with Gasteiger partial charge in [-0.1, -0.05) is 12.1 Å². The predicted octanol–water partition coefficient (Wildman–Crippen LogP) is 5.46. The number of carbonyl (C=O) groups is 1. The molecule has 0 saturated carbocycles. The molecule has 2 heterocycles. The Kier molecular flexibility index (Phi) is 6.99. The molecule has 0 radical (unpaired) electrons. The Morgan fingerprint density at radius 3 is 2.50 bits per heavy atom. The second-order valence-electron chi connectivity index (χ2n) is 10.0. The van der Waals surface area contributed by atoms with E-state index in [-0.39, 0.29) is 35.5 Å². The number of aromatic amines is 1. The van der Waals surface area contributed by atoms with Crippen molar-refractivity contribution in [2.24, 2.45) is 0 Å². The van der Waals surface area contributed by atoms with Crippen LogP contribution in [0.25, 0.3) is 22.0 Å². The normalized spacial score (nSPS) is 18.4. The van der Waals surface area contributed by atoms with Gasteiger partial charge < -0.3 is 19.9 Å². The van der Waals surface area contributed by atoms with Crippen LogP contribution in [0, 0.1) is 12.7 Å². The summed E-state index contributed by atoms with van der Waals surface area (Å²) in [6, 6.07) is 17.2. The van der Waals surface area contributed by atoms with Gasteiger partial charge in [0.25, 0.3) is 11.5 Å². The van der Waals surface area contributed by atoms with E-state index in [0.717, 1.165) is 16.8 Å². The number of hydrogen-bond donors (Lipinski definition) is 2. The van der Waals surface area contributed by atoms with Gasteiger partial charge in [-0.15, -0.1) is 0 Å². The molecule has 0 aliphatic carbocycles. The van der Waals surface area contributed by atoms with E-state index in [9.17, 15) is 14.0 Å². The molecule has 1 fully saturated rings. The van der Waals surface area contributed by atoms with Gasteiger partial charge in [0.1, 0.15) is 11.6 Å². The molecule has 2 N–H and O–H groups in total. The van der Waals surface area contributed by atoms with Crippen LogP contribution in [0.15, 0.2) is 65.5 Å².